The normalized spacial score (nSPS) is 14.4. The molecule has 1 heterocycles. The molecule has 0 atom stereocenters. The van der Waals surface area contributed by atoms with E-state index in [0.29, 0.717) is 13.1 Å². The lowest BCUT2D eigenvalue weighted by molar-refractivity contribution is -0.129. The van der Waals surface area contributed by atoms with Gasteiger partial charge in [0.1, 0.15) is 6.54 Å². The maximum Gasteiger partial charge on any atom is 0.244 e. The molecule has 1 saturated heterocycles. The van der Waals surface area contributed by atoms with Crippen LogP contribution in [0, 0.1) is 13.8 Å². The zero-order chi connectivity index (χ0) is 19.2. The average molecular weight is 493 g/mol. The monoisotopic (exact) mass is 493 g/mol. The number of amides is 1. The van der Waals surface area contributed by atoms with E-state index in [0.717, 1.165) is 18.8 Å². The van der Waals surface area contributed by atoms with Crippen molar-refractivity contribution in [2.75, 3.05) is 42.9 Å². The molecule has 28 heavy (non-hydrogen) atoms. The summed E-state index contributed by atoms with van der Waals surface area (Å²) in [5.41, 5.74) is 10.4. The van der Waals surface area contributed by atoms with Gasteiger partial charge in [-0.15, -0.1) is 24.0 Å². The summed E-state index contributed by atoms with van der Waals surface area (Å²) in [6.45, 7) is 7.24. The number of halogens is 1. The van der Waals surface area contributed by atoms with Crippen molar-refractivity contribution in [1.29, 1.82) is 0 Å². The van der Waals surface area contributed by atoms with Crippen LogP contribution >= 0.6 is 24.0 Å². The van der Waals surface area contributed by atoms with Gasteiger partial charge in [-0.3, -0.25) is 4.79 Å². The topological polar surface area (TPSA) is 74.0 Å². The molecule has 0 spiro atoms. The first-order chi connectivity index (χ1) is 13.0. The number of nitrogens with one attached hydrogen (secondary N) is 1. The highest BCUT2D eigenvalue weighted by Gasteiger charge is 2.20. The number of anilines is 2. The maximum absolute atomic E-state index is 12.4. The number of nitrogens with two attached hydrogens (primary N) is 1. The average Bonchev–Trinajstić information content (AvgIpc) is 2.70. The number of carbonyl (C=O) groups excluding carboxylic acids is 1. The van der Waals surface area contributed by atoms with Crippen molar-refractivity contribution in [2.24, 2.45) is 10.7 Å². The Morgan fingerprint density at radius 1 is 1.04 bits per heavy atom. The van der Waals surface area contributed by atoms with Gasteiger partial charge in [-0.25, -0.2) is 4.99 Å². The van der Waals surface area contributed by atoms with E-state index in [2.05, 4.69) is 34.3 Å². The van der Waals surface area contributed by atoms with Gasteiger partial charge in [0.2, 0.25) is 5.91 Å². The van der Waals surface area contributed by atoms with E-state index in [1.165, 1.54) is 16.8 Å². The number of rotatable bonds is 4. The van der Waals surface area contributed by atoms with Crippen LogP contribution in [0.2, 0.25) is 0 Å². The quantitative estimate of drug-likeness (QED) is 0.390. The predicted octanol–water partition coefficient (Wildman–Crippen LogP) is 3.00. The minimum Gasteiger partial charge on any atom is -0.370 e. The van der Waals surface area contributed by atoms with Gasteiger partial charge in [0.15, 0.2) is 5.96 Å². The second kappa shape index (κ2) is 10.3. The van der Waals surface area contributed by atoms with Gasteiger partial charge in [-0.05, 0) is 49.2 Å². The summed E-state index contributed by atoms with van der Waals surface area (Å²) in [6.07, 6.45) is 0. The van der Waals surface area contributed by atoms with Gasteiger partial charge in [0.05, 0.1) is 0 Å². The number of para-hydroxylation sites is 1. The fraction of sp³-hybridized carbons (Fsp3) is 0.333. The number of guanidine groups is 1. The molecule has 0 bridgehead atoms. The molecule has 1 fully saturated rings. The van der Waals surface area contributed by atoms with Crippen molar-refractivity contribution >= 4 is 47.2 Å². The Bertz CT molecular complexity index is 817. The lowest BCUT2D eigenvalue weighted by Crippen LogP contribution is -2.49. The molecular formula is C21H28IN5O. The van der Waals surface area contributed by atoms with Crippen molar-refractivity contribution in [3.63, 3.8) is 0 Å². The highest BCUT2D eigenvalue weighted by molar-refractivity contribution is 14.0. The Labute approximate surface area is 183 Å². The van der Waals surface area contributed by atoms with Gasteiger partial charge in [0.25, 0.3) is 0 Å². The minimum atomic E-state index is 0. The standard InChI is InChI=1S/C21H27N5O.HI/c1-16-8-9-18(14-17(16)2)24-21(22)23-15-20(27)26-12-10-25(11-13-26)19-6-4-3-5-7-19;/h3-9,14H,10-13,15H2,1-2H3,(H3,22,23,24);1H. The zero-order valence-corrected chi connectivity index (χ0v) is 18.7. The van der Waals surface area contributed by atoms with E-state index >= 15 is 0 Å². The fourth-order valence-corrected chi connectivity index (χ4v) is 3.11. The molecule has 2 aromatic carbocycles. The molecule has 7 heteroatoms. The maximum atomic E-state index is 12.4. The summed E-state index contributed by atoms with van der Waals surface area (Å²) in [4.78, 5) is 20.8. The third-order valence-corrected chi connectivity index (χ3v) is 4.92. The van der Waals surface area contributed by atoms with E-state index in [1.807, 2.05) is 48.2 Å². The van der Waals surface area contributed by atoms with Crippen molar-refractivity contribution in [2.45, 2.75) is 13.8 Å². The highest BCUT2D eigenvalue weighted by Crippen LogP contribution is 2.16. The summed E-state index contributed by atoms with van der Waals surface area (Å²) in [7, 11) is 0. The van der Waals surface area contributed by atoms with Crippen molar-refractivity contribution in [3.05, 3.63) is 59.7 Å². The Kier molecular flexibility index (Phi) is 8.10. The van der Waals surface area contributed by atoms with Crippen molar-refractivity contribution in [3.8, 4) is 0 Å². The summed E-state index contributed by atoms with van der Waals surface area (Å²) in [5, 5.41) is 3.05. The summed E-state index contributed by atoms with van der Waals surface area (Å²) in [5.74, 6) is 0.266. The van der Waals surface area contributed by atoms with Gasteiger partial charge < -0.3 is 20.9 Å². The number of carbonyl (C=O) groups is 1. The van der Waals surface area contributed by atoms with E-state index in [-0.39, 0.29) is 42.4 Å². The van der Waals surface area contributed by atoms with E-state index in [1.54, 1.807) is 0 Å². The molecule has 150 valence electrons. The fourth-order valence-electron chi connectivity index (χ4n) is 3.11. The number of hydrogen-bond acceptors (Lipinski definition) is 3. The first-order valence-electron chi connectivity index (χ1n) is 9.25. The van der Waals surface area contributed by atoms with Crippen LogP contribution in [0.1, 0.15) is 11.1 Å². The Morgan fingerprint density at radius 2 is 1.71 bits per heavy atom. The first kappa shape index (κ1) is 22.0. The Balaban J connectivity index is 0.00000280. The predicted molar refractivity (Wildman–Crippen MR) is 127 cm³/mol. The van der Waals surface area contributed by atoms with Crippen LogP contribution in [-0.2, 0) is 4.79 Å². The third-order valence-electron chi connectivity index (χ3n) is 4.92. The summed E-state index contributed by atoms with van der Waals surface area (Å²) >= 11 is 0. The molecule has 3 N–H and O–H groups in total. The van der Waals surface area contributed by atoms with Crippen LogP contribution in [0.5, 0.6) is 0 Å². The SMILES string of the molecule is Cc1ccc(NC(N)=NCC(=O)N2CCN(c3ccccc3)CC2)cc1C.I. The number of hydrogen-bond donors (Lipinski definition) is 2. The van der Waals surface area contributed by atoms with E-state index in [4.69, 9.17) is 5.73 Å². The molecule has 0 unspecified atom stereocenters. The minimum absolute atomic E-state index is 0. The third kappa shape index (κ3) is 5.85. The number of nitrogens with zero attached hydrogens (tertiary/aromatic N) is 3. The highest BCUT2D eigenvalue weighted by atomic mass is 127. The first-order valence-corrected chi connectivity index (χ1v) is 9.25. The molecule has 0 aromatic heterocycles. The number of piperazine rings is 1. The molecule has 3 rings (SSSR count). The van der Waals surface area contributed by atoms with E-state index in [9.17, 15) is 4.79 Å². The second-order valence-corrected chi connectivity index (χ2v) is 6.83. The molecule has 0 aliphatic carbocycles. The van der Waals surface area contributed by atoms with Gasteiger partial charge in [-0.1, -0.05) is 24.3 Å². The van der Waals surface area contributed by atoms with Crippen molar-refractivity contribution in [1.82, 2.24) is 4.90 Å². The molecule has 2 aromatic rings. The van der Waals surface area contributed by atoms with Crippen LogP contribution in [0.15, 0.2) is 53.5 Å². The number of benzene rings is 2. The van der Waals surface area contributed by atoms with Gasteiger partial charge in [0, 0.05) is 37.6 Å². The molecule has 1 aliphatic heterocycles. The Hall–Kier alpha value is -2.29. The van der Waals surface area contributed by atoms with E-state index < -0.39 is 0 Å². The number of aryl methyl sites for hydroxylation is 2. The van der Waals surface area contributed by atoms with Crippen LogP contribution in [0.25, 0.3) is 0 Å². The summed E-state index contributed by atoms with van der Waals surface area (Å²) in [6, 6.07) is 16.3. The molecule has 6 nitrogen and oxygen atoms in total. The lowest BCUT2D eigenvalue weighted by Gasteiger charge is -2.35. The lowest BCUT2D eigenvalue weighted by atomic mass is 10.1. The molecule has 0 saturated carbocycles. The second-order valence-electron chi connectivity index (χ2n) is 6.83. The molecule has 0 radical (unpaired) electrons. The van der Waals surface area contributed by atoms with Gasteiger partial charge >= 0.3 is 0 Å². The molecular weight excluding hydrogens is 465 g/mol. The molecule has 1 amide bonds. The number of aliphatic imine (C=N–C) groups is 1. The van der Waals surface area contributed by atoms with Crippen molar-refractivity contribution < 1.29 is 4.79 Å². The smallest absolute Gasteiger partial charge is 0.244 e. The van der Waals surface area contributed by atoms with Crippen LogP contribution in [-0.4, -0.2) is 49.5 Å². The van der Waals surface area contributed by atoms with Crippen LogP contribution in [0.3, 0.4) is 0 Å². The molecule has 1 aliphatic rings. The van der Waals surface area contributed by atoms with Crippen LogP contribution in [0.4, 0.5) is 11.4 Å². The largest absolute Gasteiger partial charge is 0.370 e. The van der Waals surface area contributed by atoms with Crippen LogP contribution < -0.4 is 16.0 Å². The zero-order valence-electron chi connectivity index (χ0n) is 16.4. The Morgan fingerprint density at radius 3 is 2.36 bits per heavy atom. The summed E-state index contributed by atoms with van der Waals surface area (Å²) < 4.78 is 0. The van der Waals surface area contributed by atoms with Gasteiger partial charge in [-0.2, -0.15) is 0 Å².